The number of rotatable bonds is 4. The lowest BCUT2D eigenvalue weighted by atomic mass is 9.97. The molecule has 1 aliphatic rings. The Kier molecular flexibility index (Phi) is 4.73. The Labute approximate surface area is 117 Å². The second-order valence-electron chi connectivity index (χ2n) is 5.19. The Morgan fingerprint density at radius 1 is 1.40 bits per heavy atom. The molecule has 1 aromatic rings. The van der Waals surface area contributed by atoms with Gasteiger partial charge in [-0.15, -0.1) is 0 Å². The van der Waals surface area contributed by atoms with Gasteiger partial charge in [0.15, 0.2) is 0 Å². The van der Waals surface area contributed by atoms with Crippen molar-refractivity contribution in [2.75, 3.05) is 29.9 Å². The number of nitrogens with one attached hydrogen (secondary N) is 1. The lowest BCUT2D eigenvalue weighted by Crippen LogP contribution is -2.41. The molecule has 2 rings (SSSR count). The average Bonchev–Trinajstić information content (AvgIpc) is 2.45. The first-order chi connectivity index (χ1) is 9.50. The molecule has 0 spiro atoms. The zero-order chi connectivity index (χ0) is 14.6. The summed E-state index contributed by atoms with van der Waals surface area (Å²) >= 11 is 0. The zero-order valence-corrected chi connectivity index (χ0v) is 11.6. The Bertz CT molecular complexity index is 434. The van der Waals surface area contributed by atoms with Crippen molar-refractivity contribution in [3.05, 3.63) is 18.5 Å². The largest absolute Gasteiger partial charge is 0.393 e. The molecule has 0 bridgehead atoms. The summed E-state index contributed by atoms with van der Waals surface area (Å²) in [7, 11) is 0. The molecule has 2 heterocycles. The van der Waals surface area contributed by atoms with E-state index >= 15 is 0 Å². The molecular weight excluding hydrogens is 267 g/mol. The molecule has 1 aliphatic heterocycles. The third kappa shape index (κ3) is 3.77. The van der Waals surface area contributed by atoms with Crippen LogP contribution in [0, 0.1) is 5.92 Å². The van der Waals surface area contributed by atoms with Crippen molar-refractivity contribution < 1.29 is 13.2 Å². The lowest BCUT2D eigenvalue weighted by molar-refractivity contribution is -0.175. The van der Waals surface area contributed by atoms with Gasteiger partial charge in [-0.3, -0.25) is 4.98 Å². The average molecular weight is 287 g/mol. The van der Waals surface area contributed by atoms with Gasteiger partial charge in [-0.2, -0.15) is 13.2 Å². The molecule has 1 atom stereocenters. The molecule has 0 aliphatic carbocycles. The minimum absolute atomic E-state index is 0.0302. The maximum Gasteiger partial charge on any atom is 0.393 e. The first-order valence-corrected chi connectivity index (χ1v) is 7.01. The molecule has 1 fully saturated rings. The summed E-state index contributed by atoms with van der Waals surface area (Å²) in [4.78, 5) is 5.90. The Morgan fingerprint density at radius 3 is 2.90 bits per heavy atom. The molecule has 1 aromatic heterocycles. The van der Waals surface area contributed by atoms with Crippen LogP contribution >= 0.6 is 0 Å². The maximum absolute atomic E-state index is 12.8. The van der Waals surface area contributed by atoms with Crippen molar-refractivity contribution >= 4 is 11.4 Å². The molecule has 0 radical (unpaired) electrons. The van der Waals surface area contributed by atoms with Crippen LogP contribution in [0.4, 0.5) is 24.5 Å². The minimum Gasteiger partial charge on any atom is -0.384 e. The van der Waals surface area contributed by atoms with Crippen LogP contribution in [0.15, 0.2) is 18.5 Å². The van der Waals surface area contributed by atoms with Crippen LogP contribution in [-0.2, 0) is 0 Å². The molecule has 20 heavy (non-hydrogen) atoms. The van der Waals surface area contributed by atoms with Gasteiger partial charge in [-0.25, -0.2) is 0 Å². The molecule has 0 aromatic carbocycles. The predicted octanol–water partition coefficient (Wildman–Crippen LogP) is 3.68. The van der Waals surface area contributed by atoms with Crippen molar-refractivity contribution in [1.29, 1.82) is 0 Å². The van der Waals surface area contributed by atoms with Gasteiger partial charge in [0.2, 0.25) is 0 Å². The molecule has 112 valence electrons. The Balaban J connectivity index is 2.07. The van der Waals surface area contributed by atoms with E-state index < -0.39 is 12.1 Å². The van der Waals surface area contributed by atoms with Crippen LogP contribution < -0.4 is 10.2 Å². The topological polar surface area (TPSA) is 28.2 Å². The van der Waals surface area contributed by atoms with Gasteiger partial charge in [0.25, 0.3) is 0 Å². The number of hydrogen-bond donors (Lipinski definition) is 1. The number of piperidine rings is 1. The molecule has 1 N–H and O–H groups in total. The van der Waals surface area contributed by atoms with Gasteiger partial charge >= 0.3 is 6.18 Å². The minimum atomic E-state index is -4.11. The first kappa shape index (κ1) is 14.9. The second-order valence-corrected chi connectivity index (χ2v) is 5.19. The van der Waals surface area contributed by atoms with Crippen molar-refractivity contribution in [2.45, 2.75) is 32.4 Å². The second kappa shape index (κ2) is 6.33. The highest BCUT2D eigenvalue weighted by Gasteiger charge is 2.41. The molecule has 1 unspecified atom stereocenters. The van der Waals surface area contributed by atoms with Gasteiger partial charge in [-0.1, -0.05) is 6.92 Å². The van der Waals surface area contributed by atoms with E-state index in [1.807, 2.05) is 6.07 Å². The summed E-state index contributed by atoms with van der Waals surface area (Å²) in [6.07, 6.45) is 1.01. The van der Waals surface area contributed by atoms with Gasteiger partial charge in [-0.05, 0) is 25.3 Å². The van der Waals surface area contributed by atoms with Crippen molar-refractivity contribution in [3.63, 3.8) is 0 Å². The fourth-order valence-corrected chi connectivity index (χ4v) is 2.45. The van der Waals surface area contributed by atoms with E-state index in [0.717, 1.165) is 24.3 Å². The molecule has 0 amide bonds. The van der Waals surface area contributed by atoms with E-state index in [1.54, 1.807) is 17.3 Å². The first-order valence-electron chi connectivity index (χ1n) is 7.01. The quantitative estimate of drug-likeness (QED) is 0.915. The Hall–Kier alpha value is -1.46. The number of nitrogens with zero attached hydrogens (tertiary/aromatic N) is 2. The van der Waals surface area contributed by atoms with E-state index in [1.165, 1.54) is 0 Å². The van der Waals surface area contributed by atoms with Crippen molar-refractivity contribution in [3.8, 4) is 0 Å². The molecule has 1 saturated heterocycles. The summed E-state index contributed by atoms with van der Waals surface area (Å²) in [5.41, 5.74) is 1.62. The monoisotopic (exact) mass is 287 g/mol. The van der Waals surface area contributed by atoms with Crippen LogP contribution in [0.3, 0.4) is 0 Å². The standard InChI is InChI=1S/C14H20F3N3/c1-2-5-19-12-7-13(9-18-8-12)20-6-3-4-11(10-20)14(15,16)17/h7-9,11,19H,2-6,10H2,1H3. The number of alkyl halides is 3. The number of anilines is 2. The van der Waals surface area contributed by atoms with Crippen molar-refractivity contribution in [2.24, 2.45) is 5.92 Å². The summed E-state index contributed by atoms with van der Waals surface area (Å²) < 4.78 is 38.5. The van der Waals surface area contributed by atoms with Gasteiger partial charge in [0.05, 0.1) is 29.7 Å². The fourth-order valence-electron chi connectivity index (χ4n) is 2.45. The van der Waals surface area contributed by atoms with Crippen LogP contribution in [0.5, 0.6) is 0 Å². The summed E-state index contributed by atoms with van der Waals surface area (Å²) in [6, 6.07) is 1.88. The van der Waals surface area contributed by atoms with Crippen LogP contribution in [-0.4, -0.2) is 30.8 Å². The predicted molar refractivity (Wildman–Crippen MR) is 74.0 cm³/mol. The third-order valence-electron chi connectivity index (χ3n) is 3.55. The van der Waals surface area contributed by atoms with E-state index in [0.29, 0.717) is 13.0 Å². The van der Waals surface area contributed by atoms with Gasteiger partial charge in [0, 0.05) is 19.6 Å². The Morgan fingerprint density at radius 2 is 2.20 bits per heavy atom. The highest BCUT2D eigenvalue weighted by atomic mass is 19.4. The zero-order valence-electron chi connectivity index (χ0n) is 11.6. The fraction of sp³-hybridized carbons (Fsp3) is 0.643. The molecular formula is C14H20F3N3. The van der Waals surface area contributed by atoms with Gasteiger partial charge in [0.1, 0.15) is 0 Å². The van der Waals surface area contributed by atoms with Crippen LogP contribution in [0.25, 0.3) is 0 Å². The summed E-state index contributed by atoms with van der Waals surface area (Å²) in [5.74, 6) is -1.23. The highest BCUT2D eigenvalue weighted by molar-refractivity contribution is 5.55. The van der Waals surface area contributed by atoms with E-state index in [4.69, 9.17) is 0 Å². The number of aromatic nitrogens is 1. The van der Waals surface area contributed by atoms with Crippen molar-refractivity contribution in [1.82, 2.24) is 4.98 Å². The molecule has 6 heteroatoms. The van der Waals surface area contributed by atoms with E-state index in [2.05, 4.69) is 17.2 Å². The molecule has 0 saturated carbocycles. The van der Waals surface area contributed by atoms with Crippen LogP contribution in [0.1, 0.15) is 26.2 Å². The van der Waals surface area contributed by atoms with E-state index in [-0.39, 0.29) is 13.0 Å². The number of pyridine rings is 1. The number of halogens is 3. The summed E-state index contributed by atoms with van der Waals surface area (Å²) in [6.45, 7) is 3.58. The maximum atomic E-state index is 12.8. The number of hydrogen-bond acceptors (Lipinski definition) is 3. The van der Waals surface area contributed by atoms with E-state index in [9.17, 15) is 13.2 Å². The van der Waals surface area contributed by atoms with Crippen LogP contribution in [0.2, 0.25) is 0 Å². The summed E-state index contributed by atoms with van der Waals surface area (Å²) in [5, 5.41) is 3.20. The smallest absolute Gasteiger partial charge is 0.384 e. The third-order valence-corrected chi connectivity index (χ3v) is 3.55. The normalized spacial score (nSPS) is 20.0. The van der Waals surface area contributed by atoms with Gasteiger partial charge < -0.3 is 10.2 Å². The molecule has 3 nitrogen and oxygen atoms in total. The SMILES string of the molecule is CCCNc1cncc(N2CCCC(C(F)(F)F)C2)c1. The lowest BCUT2D eigenvalue weighted by Gasteiger charge is -2.35. The highest BCUT2D eigenvalue weighted by Crippen LogP contribution is 2.34.